The Bertz CT molecular complexity index is 936. The first-order chi connectivity index (χ1) is 11.1. The first-order valence-electron chi connectivity index (χ1n) is 7.60. The predicted octanol–water partition coefficient (Wildman–Crippen LogP) is 3.89. The van der Waals surface area contributed by atoms with Crippen molar-refractivity contribution in [2.24, 2.45) is 0 Å². The van der Waals surface area contributed by atoms with Crippen LogP contribution in [0, 0.1) is 12.7 Å². The van der Waals surface area contributed by atoms with E-state index in [-0.39, 0.29) is 11.7 Å². The van der Waals surface area contributed by atoms with Crippen molar-refractivity contribution in [3.8, 4) is 0 Å². The molecule has 4 rings (SSSR count). The second-order valence-corrected chi connectivity index (χ2v) is 5.79. The fourth-order valence-electron chi connectivity index (χ4n) is 3.14. The van der Waals surface area contributed by atoms with Crippen LogP contribution in [0.3, 0.4) is 0 Å². The van der Waals surface area contributed by atoms with Crippen molar-refractivity contribution in [1.82, 2.24) is 4.98 Å². The van der Waals surface area contributed by atoms with Gasteiger partial charge in [-0.15, -0.1) is 0 Å². The third-order valence-corrected chi connectivity index (χ3v) is 4.33. The van der Waals surface area contributed by atoms with Gasteiger partial charge in [-0.2, -0.15) is 0 Å². The molecule has 3 nitrogen and oxygen atoms in total. The van der Waals surface area contributed by atoms with Crippen molar-refractivity contribution in [2.75, 3.05) is 11.4 Å². The van der Waals surface area contributed by atoms with Crippen LogP contribution in [-0.4, -0.2) is 17.4 Å². The molecule has 1 aliphatic rings. The molecule has 0 spiro atoms. The van der Waals surface area contributed by atoms with E-state index in [9.17, 15) is 9.18 Å². The molecule has 0 saturated carbocycles. The number of anilines is 1. The third kappa shape index (κ3) is 2.27. The Morgan fingerprint density at radius 1 is 1.17 bits per heavy atom. The number of aryl methyl sites for hydroxylation is 1. The second kappa shape index (κ2) is 5.16. The summed E-state index contributed by atoms with van der Waals surface area (Å²) in [6.45, 7) is 2.41. The normalized spacial score (nSPS) is 13.4. The first-order valence-corrected chi connectivity index (χ1v) is 7.60. The lowest BCUT2D eigenvalue weighted by molar-refractivity contribution is 0.0988. The van der Waals surface area contributed by atoms with Crippen molar-refractivity contribution >= 4 is 22.5 Å². The zero-order chi connectivity index (χ0) is 16.0. The van der Waals surface area contributed by atoms with Crippen molar-refractivity contribution in [1.29, 1.82) is 0 Å². The van der Waals surface area contributed by atoms with Crippen molar-refractivity contribution in [2.45, 2.75) is 13.3 Å². The largest absolute Gasteiger partial charge is 0.308 e. The van der Waals surface area contributed by atoms with Crippen LogP contribution in [0.25, 0.3) is 10.9 Å². The van der Waals surface area contributed by atoms with Gasteiger partial charge in [0.1, 0.15) is 5.82 Å². The maximum absolute atomic E-state index is 13.5. The van der Waals surface area contributed by atoms with Crippen molar-refractivity contribution in [3.05, 3.63) is 71.2 Å². The number of carbonyl (C=O) groups excluding carboxylic acids is 1. The lowest BCUT2D eigenvalue weighted by Crippen LogP contribution is -2.29. The smallest absolute Gasteiger partial charge is 0.260 e. The molecule has 2 aromatic carbocycles. The van der Waals surface area contributed by atoms with Crippen LogP contribution in [0.1, 0.15) is 21.6 Å². The fraction of sp³-hybridized carbons (Fsp3) is 0.158. The van der Waals surface area contributed by atoms with Crippen LogP contribution >= 0.6 is 0 Å². The molecule has 2 heterocycles. The minimum absolute atomic E-state index is 0.120. The minimum atomic E-state index is -0.322. The summed E-state index contributed by atoms with van der Waals surface area (Å²) >= 11 is 0. The SMILES string of the molecule is Cc1nc2ccccc2cc1C(=O)N1CCc2ccc(F)cc21. The zero-order valence-electron chi connectivity index (χ0n) is 12.7. The molecule has 1 aliphatic heterocycles. The molecule has 0 unspecified atom stereocenters. The average molecular weight is 306 g/mol. The summed E-state index contributed by atoms with van der Waals surface area (Å²) in [6, 6.07) is 14.2. The highest BCUT2D eigenvalue weighted by Crippen LogP contribution is 2.30. The van der Waals surface area contributed by atoms with E-state index in [2.05, 4.69) is 4.98 Å². The molecule has 0 bridgehead atoms. The maximum Gasteiger partial charge on any atom is 0.260 e. The zero-order valence-corrected chi connectivity index (χ0v) is 12.7. The van der Waals surface area contributed by atoms with Crippen molar-refractivity contribution in [3.63, 3.8) is 0 Å². The molecule has 23 heavy (non-hydrogen) atoms. The molecule has 1 amide bonds. The molecular formula is C19H15FN2O. The van der Waals surface area contributed by atoms with Crippen LogP contribution < -0.4 is 4.90 Å². The van der Waals surface area contributed by atoms with Crippen LogP contribution in [0.2, 0.25) is 0 Å². The van der Waals surface area contributed by atoms with E-state index in [4.69, 9.17) is 0 Å². The van der Waals surface area contributed by atoms with E-state index in [0.717, 1.165) is 22.9 Å². The Morgan fingerprint density at radius 3 is 2.87 bits per heavy atom. The lowest BCUT2D eigenvalue weighted by Gasteiger charge is -2.18. The number of para-hydroxylation sites is 1. The van der Waals surface area contributed by atoms with Gasteiger partial charge in [-0.1, -0.05) is 24.3 Å². The molecule has 0 fully saturated rings. The monoisotopic (exact) mass is 306 g/mol. The Hall–Kier alpha value is -2.75. The summed E-state index contributed by atoms with van der Waals surface area (Å²) in [5.74, 6) is -0.443. The predicted molar refractivity (Wildman–Crippen MR) is 88.3 cm³/mol. The van der Waals surface area contributed by atoms with E-state index in [1.54, 1.807) is 11.0 Å². The molecule has 0 N–H and O–H groups in total. The molecule has 4 heteroatoms. The molecule has 0 saturated heterocycles. The molecule has 0 atom stereocenters. The Balaban J connectivity index is 1.79. The van der Waals surface area contributed by atoms with E-state index >= 15 is 0 Å². The highest BCUT2D eigenvalue weighted by atomic mass is 19.1. The summed E-state index contributed by atoms with van der Waals surface area (Å²) < 4.78 is 13.5. The van der Waals surface area contributed by atoms with Gasteiger partial charge in [0.05, 0.1) is 22.5 Å². The number of benzene rings is 2. The molecule has 114 valence electrons. The number of nitrogens with zero attached hydrogens (tertiary/aromatic N) is 2. The number of hydrogen-bond acceptors (Lipinski definition) is 2. The maximum atomic E-state index is 13.5. The summed E-state index contributed by atoms with van der Waals surface area (Å²) in [7, 11) is 0. The number of rotatable bonds is 1. The summed E-state index contributed by atoms with van der Waals surface area (Å²) in [5.41, 5.74) is 3.81. The lowest BCUT2D eigenvalue weighted by atomic mass is 10.1. The van der Waals surface area contributed by atoms with E-state index in [1.807, 2.05) is 37.3 Å². The van der Waals surface area contributed by atoms with Gasteiger partial charge in [-0.25, -0.2) is 4.39 Å². The highest BCUT2D eigenvalue weighted by molar-refractivity contribution is 6.09. The number of amides is 1. The topological polar surface area (TPSA) is 33.2 Å². The van der Waals surface area contributed by atoms with E-state index in [1.165, 1.54) is 12.1 Å². The molecule has 3 aromatic rings. The Labute approximate surface area is 133 Å². The number of aromatic nitrogens is 1. The van der Waals surface area contributed by atoms with Gasteiger partial charge in [0.15, 0.2) is 0 Å². The van der Waals surface area contributed by atoms with Crippen LogP contribution in [0.5, 0.6) is 0 Å². The fourth-order valence-corrected chi connectivity index (χ4v) is 3.14. The molecular weight excluding hydrogens is 291 g/mol. The van der Waals surface area contributed by atoms with Gasteiger partial charge in [-0.3, -0.25) is 9.78 Å². The molecule has 0 aliphatic carbocycles. The number of fused-ring (bicyclic) bond motifs is 2. The summed E-state index contributed by atoms with van der Waals surface area (Å²) in [4.78, 5) is 19.1. The number of halogens is 1. The number of pyridine rings is 1. The highest BCUT2D eigenvalue weighted by Gasteiger charge is 2.27. The van der Waals surface area contributed by atoms with Crippen LogP contribution in [0.4, 0.5) is 10.1 Å². The van der Waals surface area contributed by atoms with Gasteiger partial charge in [0, 0.05) is 11.9 Å². The molecule has 1 aromatic heterocycles. The minimum Gasteiger partial charge on any atom is -0.308 e. The Morgan fingerprint density at radius 2 is 2.00 bits per heavy atom. The standard InChI is InChI=1S/C19H15FN2O/c1-12-16(10-14-4-2-3-5-17(14)21-12)19(23)22-9-8-13-6-7-15(20)11-18(13)22/h2-7,10-11H,8-9H2,1H3. The second-order valence-electron chi connectivity index (χ2n) is 5.79. The van der Waals surface area contributed by atoms with Crippen LogP contribution in [0.15, 0.2) is 48.5 Å². The average Bonchev–Trinajstić information content (AvgIpc) is 2.96. The summed E-state index contributed by atoms with van der Waals surface area (Å²) in [6.07, 6.45) is 0.751. The quantitative estimate of drug-likeness (QED) is 0.683. The van der Waals surface area contributed by atoms with Crippen LogP contribution in [-0.2, 0) is 6.42 Å². The van der Waals surface area contributed by atoms with Gasteiger partial charge in [-0.05, 0) is 43.2 Å². The van der Waals surface area contributed by atoms with Gasteiger partial charge < -0.3 is 4.90 Å². The first kappa shape index (κ1) is 13.9. The van der Waals surface area contributed by atoms with Gasteiger partial charge in [0.25, 0.3) is 5.91 Å². The Kier molecular flexibility index (Phi) is 3.11. The van der Waals surface area contributed by atoms with E-state index < -0.39 is 0 Å². The van der Waals surface area contributed by atoms with Gasteiger partial charge >= 0.3 is 0 Å². The number of hydrogen-bond donors (Lipinski definition) is 0. The number of carbonyl (C=O) groups is 1. The van der Waals surface area contributed by atoms with Crippen molar-refractivity contribution < 1.29 is 9.18 Å². The third-order valence-electron chi connectivity index (χ3n) is 4.33. The van der Waals surface area contributed by atoms with E-state index in [0.29, 0.717) is 23.5 Å². The molecule has 0 radical (unpaired) electrons. The van der Waals surface area contributed by atoms with Gasteiger partial charge in [0.2, 0.25) is 0 Å². The summed E-state index contributed by atoms with van der Waals surface area (Å²) in [5, 5.41) is 0.931.